The van der Waals surface area contributed by atoms with E-state index in [-0.39, 0.29) is 10.8 Å². The first-order valence-electron chi connectivity index (χ1n) is 8.14. The molecule has 0 bridgehead atoms. The number of likely N-dealkylation sites (tertiary alicyclic amines) is 1. The highest BCUT2D eigenvalue weighted by Gasteiger charge is 2.40. The first-order chi connectivity index (χ1) is 12.1. The van der Waals surface area contributed by atoms with Crippen molar-refractivity contribution in [2.75, 3.05) is 12.0 Å². The maximum atomic E-state index is 12.5. The SMILES string of the molecule is CC(C)(C)OC(=O)N1C[C@@H](S)C[C@H]1C(=O)NNc1cccc(C(=O)O)c1. The summed E-state index contributed by atoms with van der Waals surface area (Å²) in [6.45, 7) is 5.58. The van der Waals surface area contributed by atoms with Gasteiger partial charge in [-0.15, -0.1) is 0 Å². The van der Waals surface area contributed by atoms with E-state index in [1.807, 2.05) is 0 Å². The summed E-state index contributed by atoms with van der Waals surface area (Å²) < 4.78 is 5.34. The Morgan fingerprint density at radius 1 is 1.31 bits per heavy atom. The Hall–Kier alpha value is -2.42. The number of carboxylic acid groups (broad SMARTS) is 1. The minimum atomic E-state index is -1.07. The Balaban J connectivity index is 2.01. The fourth-order valence-electron chi connectivity index (χ4n) is 2.53. The van der Waals surface area contributed by atoms with Crippen molar-refractivity contribution in [3.63, 3.8) is 0 Å². The molecule has 1 heterocycles. The third-order valence-electron chi connectivity index (χ3n) is 3.65. The topological polar surface area (TPSA) is 108 Å². The van der Waals surface area contributed by atoms with Gasteiger partial charge in [-0.2, -0.15) is 12.6 Å². The standard InChI is InChI=1S/C17H23N3O5S/c1-17(2,3)25-16(24)20-9-12(26)8-13(20)14(21)19-18-11-6-4-5-10(7-11)15(22)23/h4-7,12-13,18,26H,8-9H2,1-3H3,(H,19,21)(H,22,23)/t12-,13-/m0/s1. The van der Waals surface area contributed by atoms with E-state index in [0.717, 1.165) is 0 Å². The van der Waals surface area contributed by atoms with Gasteiger partial charge >= 0.3 is 12.1 Å². The van der Waals surface area contributed by atoms with Crippen molar-refractivity contribution in [1.82, 2.24) is 10.3 Å². The largest absolute Gasteiger partial charge is 0.478 e. The summed E-state index contributed by atoms with van der Waals surface area (Å²) in [5, 5.41) is 8.86. The molecule has 1 aromatic carbocycles. The molecule has 2 rings (SSSR count). The maximum Gasteiger partial charge on any atom is 0.411 e. The Labute approximate surface area is 157 Å². The number of benzene rings is 1. The molecule has 3 N–H and O–H groups in total. The lowest BCUT2D eigenvalue weighted by atomic mass is 10.2. The molecule has 0 spiro atoms. The van der Waals surface area contributed by atoms with Crippen LogP contribution in [-0.2, 0) is 9.53 Å². The number of carboxylic acids is 1. The highest BCUT2D eigenvalue weighted by molar-refractivity contribution is 7.81. The van der Waals surface area contributed by atoms with E-state index in [1.165, 1.54) is 17.0 Å². The van der Waals surface area contributed by atoms with E-state index in [4.69, 9.17) is 9.84 Å². The minimum absolute atomic E-state index is 0.0934. The quantitative estimate of drug-likeness (QED) is 0.470. The first-order valence-corrected chi connectivity index (χ1v) is 8.65. The average molecular weight is 381 g/mol. The minimum Gasteiger partial charge on any atom is -0.478 e. The number of thiol groups is 1. The van der Waals surface area contributed by atoms with Gasteiger partial charge in [-0.3, -0.25) is 20.5 Å². The van der Waals surface area contributed by atoms with Gasteiger partial charge in [-0.1, -0.05) is 6.07 Å². The summed E-state index contributed by atoms with van der Waals surface area (Å²) in [7, 11) is 0. The molecule has 0 aromatic heterocycles. The molecule has 0 radical (unpaired) electrons. The van der Waals surface area contributed by atoms with Crippen LogP contribution in [0.3, 0.4) is 0 Å². The zero-order valence-electron chi connectivity index (χ0n) is 14.9. The van der Waals surface area contributed by atoms with Crippen molar-refractivity contribution < 1.29 is 24.2 Å². The van der Waals surface area contributed by atoms with E-state index < -0.39 is 29.6 Å². The molecule has 0 unspecified atom stereocenters. The van der Waals surface area contributed by atoms with Gasteiger partial charge in [0, 0.05) is 11.8 Å². The number of amides is 2. The van der Waals surface area contributed by atoms with Crippen molar-refractivity contribution in [2.45, 2.75) is 44.1 Å². The van der Waals surface area contributed by atoms with Gasteiger partial charge in [0.15, 0.2) is 0 Å². The summed E-state index contributed by atoms with van der Waals surface area (Å²) in [4.78, 5) is 37.2. The molecule has 1 fully saturated rings. The molecule has 0 saturated carbocycles. The van der Waals surface area contributed by atoms with Crippen LogP contribution >= 0.6 is 12.6 Å². The normalized spacial score (nSPS) is 19.8. The van der Waals surface area contributed by atoms with E-state index >= 15 is 0 Å². The van der Waals surface area contributed by atoms with Gasteiger partial charge in [-0.05, 0) is 45.4 Å². The molecular formula is C17H23N3O5S. The number of anilines is 1. The van der Waals surface area contributed by atoms with Gasteiger partial charge in [-0.25, -0.2) is 9.59 Å². The van der Waals surface area contributed by atoms with Crippen LogP contribution in [0.15, 0.2) is 24.3 Å². The monoisotopic (exact) mass is 381 g/mol. The molecule has 1 aliphatic heterocycles. The lowest BCUT2D eigenvalue weighted by molar-refractivity contribution is -0.124. The number of hydrazine groups is 1. The van der Waals surface area contributed by atoms with Crippen LogP contribution in [0.25, 0.3) is 0 Å². The van der Waals surface area contributed by atoms with E-state index in [9.17, 15) is 14.4 Å². The Morgan fingerprint density at radius 3 is 2.62 bits per heavy atom. The molecule has 142 valence electrons. The summed E-state index contributed by atoms with van der Waals surface area (Å²) in [6.07, 6.45) is -0.174. The van der Waals surface area contributed by atoms with E-state index in [0.29, 0.717) is 18.7 Å². The van der Waals surface area contributed by atoms with Gasteiger partial charge < -0.3 is 9.84 Å². The zero-order valence-corrected chi connectivity index (χ0v) is 15.7. The Bertz CT molecular complexity index is 704. The number of rotatable bonds is 4. The molecule has 9 heteroatoms. The lowest BCUT2D eigenvalue weighted by Gasteiger charge is -2.28. The predicted octanol–water partition coefficient (Wildman–Crippen LogP) is 2.14. The summed E-state index contributed by atoms with van der Waals surface area (Å²) in [5.74, 6) is -1.49. The van der Waals surface area contributed by atoms with Gasteiger partial charge in [0.2, 0.25) is 0 Å². The summed E-state index contributed by atoms with van der Waals surface area (Å²) in [6, 6.07) is 5.30. The van der Waals surface area contributed by atoms with Crippen LogP contribution in [0.4, 0.5) is 10.5 Å². The second-order valence-corrected chi connectivity index (χ2v) is 7.77. The third kappa shape index (κ3) is 5.29. The zero-order chi connectivity index (χ0) is 19.5. The highest BCUT2D eigenvalue weighted by Crippen LogP contribution is 2.24. The smallest absolute Gasteiger partial charge is 0.411 e. The fraction of sp³-hybridized carbons (Fsp3) is 0.471. The predicted molar refractivity (Wildman–Crippen MR) is 99.3 cm³/mol. The second-order valence-electron chi connectivity index (χ2n) is 7.04. The van der Waals surface area contributed by atoms with Crippen molar-refractivity contribution in [1.29, 1.82) is 0 Å². The number of nitrogens with one attached hydrogen (secondary N) is 2. The summed E-state index contributed by atoms with van der Waals surface area (Å²) >= 11 is 4.37. The van der Waals surface area contributed by atoms with Crippen molar-refractivity contribution in [2.24, 2.45) is 0 Å². The van der Waals surface area contributed by atoms with Crippen LogP contribution in [0.2, 0.25) is 0 Å². The molecule has 1 aliphatic rings. The Kier molecular flexibility index (Phi) is 6.01. The van der Waals surface area contributed by atoms with Crippen molar-refractivity contribution >= 4 is 36.3 Å². The van der Waals surface area contributed by atoms with Gasteiger partial charge in [0.05, 0.1) is 11.3 Å². The molecule has 2 amide bonds. The number of aromatic carboxylic acids is 1. The Morgan fingerprint density at radius 2 is 2.00 bits per heavy atom. The van der Waals surface area contributed by atoms with Crippen LogP contribution < -0.4 is 10.9 Å². The van der Waals surface area contributed by atoms with Gasteiger partial charge in [0.1, 0.15) is 11.6 Å². The van der Waals surface area contributed by atoms with E-state index in [1.54, 1.807) is 32.9 Å². The molecular weight excluding hydrogens is 358 g/mol. The van der Waals surface area contributed by atoms with Crippen LogP contribution in [0.1, 0.15) is 37.6 Å². The number of nitrogens with zero attached hydrogens (tertiary/aromatic N) is 1. The molecule has 1 aromatic rings. The average Bonchev–Trinajstić information content (AvgIpc) is 2.93. The molecule has 0 aliphatic carbocycles. The molecule has 2 atom stereocenters. The van der Waals surface area contributed by atoms with Crippen LogP contribution in [0, 0.1) is 0 Å². The maximum absolute atomic E-state index is 12.5. The fourth-order valence-corrected chi connectivity index (χ4v) is 2.91. The molecule has 26 heavy (non-hydrogen) atoms. The number of hydrogen-bond acceptors (Lipinski definition) is 6. The number of carbonyl (C=O) groups excluding carboxylic acids is 2. The van der Waals surface area contributed by atoms with Crippen LogP contribution in [-0.4, -0.2) is 51.4 Å². The number of carbonyl (C=O) groups is 3. The molecule has 1 saturated heterocycles. The van der Waals surface area contributed by atoms with Crippen LogP contribution in [0.5, 0.6) is 0 Å². The van der Waals surface area contributed by atoms with Crippen molar-refractivity contribution in [3.8, 4) is 0 Å². The second kappa shape index (κ2) is 7.86. The van der Waals surface area contributed by atoms with Gasteiger partial charge in [0.25, 0.3) is 5.91 Å². The summed E-state index contributed by atoms with van der Waals surface area (Å²) in [5.41, 5.74) is 5.03. The van der Waals surface area contributed by atoms with Crippen molar-refractivity contribution in [3.05, 3.63) is 29.8 Å². The number of ether oxygens (including phenoxy) is 1. The highest BCUT2D eigenvalue weighted by atomic mass is 32.1. The lowest BCUT2D eigenvalue weighted by Crippen LogP contribution is -2.48. The number of hydrogen-bond donors (Lipinski definition) is 4. The first kappa shape index (κ1) is 19.9. The molecule has 8 nitrogen and oxygen atoms in total. The van der Waals surface area contributed by atoms with E-state index in [2.05, 4.69) is 23.5 Å². The third-order valence-corrected chi connectivity index (χ3v) is 4.02.